The van der Waals surface area contributed by atoms with Crippen molar-refractivity contribution in [3.63, 3.8) is 0 Å². The van der Waals surface area contributed by atoms with E-state index in [9.17, 15) is 4.79 Å². The number of hydrogen-bond acceptors (Lipinski definition) is 1. The summed E-state index contributed by atoms with van der Waals surface area (Å²) in [6.45, 7) is 2.10. The van der Waals surface area contributed by atoms with Crippen LogP contribution in [0.15, 0.2) is 22.7 Å². The number of halogens is 1. The Labute approximate surface area is 92.1 Å². The number of benzene rings is 1. The van der Waals surface area contributed by atoms with Crippen molar-refractivity contribution in [2.24, 2.45) is 0 Å². The summed E-state index contributed by atoms with van der Waals surface area (Å²) in [5, 5.41) is 8.55. The average molecular weight is 257 g/mol. The van der Waals surface area contributed by atoms with E-state index >= 15 is 0 Å². The zero-order valence-electron chi connectivity index (χ0n) is 8.09. The lowest BCUT2D eigenvalue weighted by molar-refractivity contribution is -0.136. The molecule has 0 aromatic heterocycles. The van der Waals surface area contributed by atoms with Crippen LogP contribution in [0.3, 0.4) is 0 Å². The molecule has 76 valence electrons. The van der Waals surface area contributed by atoms with Crippen LogP contribution in [-0.2, 0) is 17.6 Å². The normalized spacial score (nSPS) is 10.1. The molecule has 0 bridgehead atoms. The smallest absolute Gasteiger partial charge is 0.303 e. The second-order valence-electron chi connectivity index (χ2n) is 3.17. The molecule has 0 radical (unpaired) electrons. The molecule has 3 heteroatoms. The van der Waals surface area contributed by atoms with Gasteiger partial charge in [-0.15, -0.1) is 0 Å². The number of carboxylic acids is 1. The molecule has 0 saturated carbocycles. The Morgan fingerprint density at radius 2 is 2.21 bits per heavy atom. The molecule has 0 atom stereocenters. The Morgan fingerprint density at radius 1 is 1.50 bits per heavy atom. The number of carboxylic acid groups (broad SMARTS) is 1. The number of aryl methyl sites for hydroxylation is 2. The molecule has 0 fully saturated rings. The standard InChI is InChI=1S/C11H13BrO2/c1-2-8-3-4-9(10(12)7-8)5-6-11(13)14/h3-4,7H,2,5-6H2,1H3,(H,13,14). The van der Waals surface area contributed by atoms with Crippen LogP contribution < -0.4 is 0 Å². The number of rotatable bonds is 4. The van der Waals surface area contributed by atoms with Gasteiger partial charge in [0, 0.05) is 10.9 Å². The summed E-state index contributed by atoms with van der Waals surface area (Å²) in [5.74, 6) is -0.753. The molecular formula is C11H13BrO2. The van der Waals surface area contributed by atoms with Crippen LogP contribution in [0.2, 0.25) is 0 Å². The quantitative estimate of drug-likeness (QED) is 0.900. The van der Waals surface area contributed by atoms with Gasteiger partial charge in [0.25, 0.3) is 0 Å². The predicted octanol–water partition coefficient (Wildman–Crippen LogP) is 3.03. The minimum absolute atomic E-state index is 0.185. The summed E-state index contributed by atoms with van der Waals surface area (Å²) < 4.78 is 1.01. The Bertz CT molecular complexity index is 334. The number of aliphatic carboxylic acids is 1. The summed E-state index contributed by atoms with van der Waals surface area (Å²) in [6.07, 6.45) is 1.77. The first kappa shape index (κ1) is 11.2. The van der Waals surface area contributed by atoms with Gasteiger partial charge in [0.05, 0.1) is 0 Å². The highest BCUT2D eigenvalue weighted by Gasteiger charge is 2.03. The fraction of sp³-hybridized carbons (Fsp3) is 0.364. The highest BCUT2D eigenvalue weighted by atomic mass is 79.9. The van der Waals surface area contributed by atoms with Gasteiger partial charge in [-0.1, -0.05) is 35.0 Å². The molecule has 0 unspecified atom stereocenters. The van der Waals surface area contributed by atoms with Gasteiger partial charge in [0.15, 0.2) is 0 Å². The fourth-order valence-electron chi connectivity index (χ4n) is 1.26. The van der Waals surface area contributed by atoms with E-state index in [2.05, 4.69) is 28.9 Å². The summed E-state index contributed by atoms with van der Waals surface area (Å²) >= 11 is 3.45. The third kappa shape index (κ3) is 3.14. The van der Waals surface area contributed by atoms with Crippen molar-refractivity contribution in [3.05, 3.63) is 33.8 Å². The van der Waals surface area contributed by atoms with Crippen molar-refractivity contribution >= 4 is 21.9 Å². The molecule has 1 rings (SSSR count). The van der Waals surface area contributed by atoms with Crippen molar-refractivity contribution in [3.8, 4) is 0 Å². The minimum atomic E-state index is -0.753. The highest BCUT2D eigenvalue weighted by Crippen LogP contribution is 2.20. The van der Waals surface area contributed by atoms with E-state index in [4.69, 9.17) is 5.11 Å². The van der Waals surface area contributed by atoms with Gasteiger partial charge in [-0.25, -0.2) is 0 Å². The Hall–Kier alpha value is -0.830. The molecule has 0 amide bonds. The van der Waals surface area contributed by atoms with Crippen molar-refractivity contribution in [1.29, 1.82) is 0 Å². The first-order valence-electron chi connectivity index (χ1n) is 4.62. The van der Waals surface area contributed by atoms with Crippen LogP contribution in [-0.4, -0.2) is 11.1 Å². The van der Waals surface area contributed by atoms with E-state index in [1.807, 2.05) is 12.1 Å². The maximum absolute atomic E-state index is 10.4. The van der Waals surface area contributed by atoms with E-state index in [1.165, 1.54) is 5.56 Å². The zero-order chi connectivity index (χ0) is 10.6. The molecule has 1 aromatic carbocycles. The number of hydrogen-bond donors (Lipinski definition) is 1. The van der Waals surface area contributed by atoms with Gasteiger partial charge in [-0.2, -0.15) is 0 Å². The van der Waals surface area contributed by atoms with E-state index in [0.29, 0.717) is 6.42 Å². The fourth-order valence-corrected chi connectivity index (χ4v) is 1.88. The lowest BCUT2D eigenvalue weighted by atomic mass is 10.1. The maximum atomic E-state index is 10.4. The van der Waals surface area contributed by atoms with Gasteiger partial charge >= 0.3 is 5.97 Å². The first-order chi connectivity index (χ1) is 6.63. The predicted molar refractivity (Wildman–Crippen MR) is 59.5 cm³/mol. The van der Waals surface area contributed by atoms with Crippen LogP contribution in [0, 0.1) is 0 Å². The van der Waals surface area contributed by atoms with E-state index in [-0.39, 0.29) is 6.42 Å². The van der Waals surface area contributed by atoms with Crippen LogP contribution in [0.25, 0.3) is 0 Å². The Balaban J connectivity index is 2.73. The highest BCUT2D eigenvalue weighted by molar-refractivity contribution is 9.10. The second-order valence-corrected chi connectivity index (χ2v) is 4.03. The SMILES string of the molecule is CCc1ccc(CCC(=O)O)c(Br)c1. The molecule has 2 nitrogen and oxygen atoms in total. The number of carbonyl (C=O) groups is 1. The summed E-state index contributed by atoms with van der Waals surface area (Å²) in [7, 11) is 0. The molecule has 0 aliphatic carbocycles. The van der Waals surface area contributed by atoms with Crippen LogP contribution >= 0.6 is 15.9 Å². The van der Waals surface area contributed by atoms with Crippen LogP contribution in [0.5, 0.6) is 0 Å². The minimum Gasteiger partial charge on any atom is -0.481 e. The third-order valence-corrected chi connectivity index (χ3v) is 2.87. The lowest BCUT2D eigenvalue weighted by Crippen LogP contribution is -1.98. The second kappa shape index (κ2) is 5.15. The van der Waals surface area contributed by atoms with Crippen molar-refractivity contribution < 1.29 is 9.90 Å². The van der Waals surface area contributed by atoms with Crippen LogP contribution in [0.1, 0.15) is 24.5 Å². The molecule has 1 aromatic rings. The summed E-state index contributed by atoms with van der Waals surface area (Å²) in [5.41, 5.74) is 2.32. The first-order valence-corrected chi connectivity index (χ1v) is 5.42. The summed E-state index contributed by atoms with van der Waals surface area (Å²) in [6, 6.07) is 6.09. The maximum Gasteiger partial charge on any atom is 0.303 e. The van der Waals surface area contributed by atoms with Gasteiger partial charge in [-0.05, 0) is 30.0 Å². The lowest BCUT2D eigenvalue weighted by Gasteiger charge is -2.04. The topological polar surface area (TPSA) is 37.3 Å². The molecular weight excluding hydrogens is 244 g/mol. The van der Waals surface area contributed by atoms with Gasteiger partial charge in [0.1, 0.15) is 0 Å². The molecule has 0 heterocycles. The Morgan fingerprint density at radius 3 is 2.71 bits per heavy atom. The van der Waals surface area contributed by atoms with Crippen molar-refractivity contribution in [1.82, 2.24) is 0 Å². The van der Waals surface area contributed by atoms with Crippen molar-refractivity contribution in [2.45, 2.75) is 26.2 Å². The molecule has 14 heavy (non-hydrogen) atoms. The molecule has 0 saturated heterocycles. The van der Waals surface area contributed by atoms with Crippen molar-refractivity contribution in [2.75, 3.05) is 0 Å². The largest absolute Gasteiger partial charge is 0.481 e. The third-order valence-electron chi connectivity index (χ3n) is 2.13. The average Bonchev–Trinajstić information content (AvgIpc) is 2.15. The van der Waals surface area contributed by atoms with Gasteiger partial charge in [0.2, 0.25) is 0 Å². The summed E-state index contributed by atoms with van der Waals surface area (Å²) in [4.78, 5) is 10.4. The molecule has 0 aliphatic rings. The Kier molecular flexibility index (Phi) is 4.14. The zero-order valence-corrected chi connectivity index (χ0v) is 9.67. The molecule has 0 aliphatic heterocycles. The molecule has 0 spiro atoms. The van der Waals surface area contributed by atoms with E-state index < -0.39 is 5.97 Å². The monoisotopic (exact) mass is 256 g/mol. The van der Waals surface area contributed by atoms with Gasteiger partial charge in [-0.3, -0.25) is 4.79 Å². The van der Waals surface area contributed by atoms with Crippen LogP contribution in [0.4, 0.5) is 0 Å². The van der Waals surface area contributed by atoms with Gasteiger partial charge < -0.3 is 5.11 Å². The van der Waals surface area contributed by atoms with E-state index in [1.54, 1.807) is 0 Å². The molecule has 1 N–H and O–H groups in total. The van der Waals surface area contributed by atoms with E-state index in [0.717, 1.165) is 16.5 Å².